The fourth-order valence-corrected chi connectivity index (χ4v) is 2.92. The van der Waals surface area contributed by atoms with Crippen molar-refractivity contribution < 1.29 is 14.3 Å². The third kappa shape index (κ3) is 4.37. The predicted octanol–water partition coefficient (Wildman–Crippen LogP) is 3.37. The maximum absolute atomic E-state index is 11.2. The smallest absolute Gasteiger partial charge is 0.305 e. The number of nitrogens with zero attached hydrogens (tertiary/aromatic N) is 1. The number of carbonyl (C=O) groups excluding carboxylic acids is 1. The molecule has 0 saturated heterocycles. The fraction of sp³-hybridized carbons (Fsp3) is 0.375. The molecule has 112 valence electrons. The molecule has 0 N–H and O–H groups in total. The first-order chi connectivity index (χ1) is 10.2. The standard InChI is InChI=1S/C16H19NO3S/c1-3-20-15(12-7-5-4-6-8-12)16-17-13(11-21-16)9-10-14(18)19-2/h4-8,11,15H,3,9-10H2,1-2H3. The van der Waals surface area contributed by atoms with Gasteiger partial charge < -0.3 is 9.47 Å². The molecule has 1 heterocycles. The number of ether oxygens (including phenoxy) is 2. The van der Waals surface area contributed by atoms with Crippen molar-refractivity contribution in [1.82, 2.24) is 4.98 Å². The highest BCUT2D eigenvalue weighted by atomic mass is 32.1. The van der Waals surface area contributed by atoms with Crippen molar-refractivity contribution in [2.45, 2.75) is 25.9 Å². The predicted molar refractivity (Wildman–Crippen MR) is 82.4 cm³/mol. The number of aromatic nitrogens is 1. The van der Waals surface area contributed by atoms with Crippen molar-refractivity contribution in [1.29, 1.82) is 0 Å². The molecule has 2 rings (SSSR count). The number of methoxy groups -OCH3 is 1. The van der Waals surface area contributed by atoms with Gasteiger partial charge in [0.1, 0.15) is 11.1 Å². The molecule has 0 radical (unpaired) electrons. The van der Waals surface area contributed by atoms with Crippen LogP contribution in [0.4, 0.5) is 0 Å². The van der Waals surface area contributed by atoms with Gasteiger partial charge in [-0.1, -0.05) is 30.3 Å². The van der Waals surface area contributed by atoms with E-state index in [1.807, 2.05) is 42.6 Å². The largest absolute Gasteiger partial charge is 0.469 e. The summed E-state index contributed by atoms with van der Waals surface area (Å²) in [6, 6.07) is 10.0. The van der Waals surface area contributed by atoms with Crippen molar-refractivity contribution in [3.63, 3.8) is 0 Å². The third-order valence-corrected chi connectivity index (χ3v) is 3.98. The van der Waals surface area contributed by atoms with Crippen LogP contribution in [0.3, 0.4) is 0 Å². The van der Waals surface area contributed by atoms with E-state index in [2.05, 4.69) is 9.72 Å². The number of thiazole rings is 1. The number of hydrogen-bond acceptors (Lipinski definition) is 5. The van der Waals surface area contributed by atoms with Crippen LogP contribution in [0.25, 0.3) is 0 Å². The number of benzene rings is 1. The Morgan fingerprint density at radius 3 is 2.76 bits per heavy atom. The lowest BCUT2D eigenvalue weighted by atomic mass is 10.1. The molecular weight excluding hydrogens is 286 g/mol. The molecule has 1 unspecified atom stereocenters. The quantitative estimate of drug-likeness (QED) is 0.736. The third-order valence-electron chi connectivity index (χ3n) is 3.04. The maximum Gasteiger partial charge on any atom is 0.305 e. The van der Waals surface area contributed by atoms with E-state index >= 15 is 0 Å². The lowest BCUT2D eigenvalue weighted by Crippen LogP contribution is -2.06. The van der Waals surface area contributed by atoms with E-state index in [-0.39, 0.29) is 12.1 Å². The zero-order valence-electron chi connectivity index (χ0n) is 12.2. The van der Waals surface area contributed by atoms with Crippen molar-refractivity contribution in [2.24, 2.45) is 0 Å². The highest BCUT2D eigenvalue weighted by Crippen LogP contribution is 2.28. The second-order valence-electron chi connectivity index (χ2n) is 4.50. The molecule has 1 aromatic heterocycles. The van der Waals surface area contributed by atoms with Crippen LogP contribution < -0.4 is 0 Å². The molecular formula is C16H19NO3S. The van der Waals surface area contributed by atoms with Gasteiger partial charge >= 0.3 is 5.97 Å². The zero-order chi connectivity index (χ0) is 15.1. The van der Waals surface area contributed by atoms with Gasteiger partial charge in [-0.15, -0.1) is 11.3 Å². The molecule has 0 bridgehead atoms. The monoisotopic (exact) mass is 305 g/mol. The van der Waals surface area contributed by atoms with E-state index in [9.17, 15) is 4.79 Å². The van der Waals surface area contributed by atoms with Crippen LogP contribution in [0, 0.1) is 0 Å². The minimum absolute atomic E-state index is 0.145. The molecule has 0 saturated carbocycles. The average Bonchev–Trinajstić information content (AvgIpc) is 2.99. The molecule has 0 aliphatic carbocycles. The Hall–Kier alpha value is -1.72. The van der Waals surface area contributed by atoms with Crippen LogP contribution in [0.2, 0.25) is 0 Å². The molecule has 0 spiro atoms. The van der Waals surface area contributed by atoms with Gasteiger partial charge in [-0.25, -0.2) is 4.98 Å². The summed E-state index contributed by atoms with van der Waals surface area (Å²) in [4.78, 5) is 15.8. The van der Waals surface area contributed by atoms with Crippen molar-refractivity contribution >= 4 is 17.3 Å². The lowest BCUT2D eigenvalue weighted by Gasteiger charge is -2.14. The lowest BCUT2D eigenvalue weighted by molar-refractivity contribution is -0.140. The van der Waals surface area contributed by atoms with Gasteiger partial charge in [0.2, 0.25) is 0 Å². The van der Waals surface area contributed by atoms with Crippen LogP contribution in [0.15, 0.2) is 35.7 Å². The zero-order valence-corrected chi connectivity index (χ0v) is 13.1. The van der Waals surface area contributed by atoms with E-state index in [4.69, 9.17) is 4.74 Å². The minimum atomic E-state index is -0.214. The first-order valence-electron chi connectivity index (χ1n) is 6.92. The number of esters is 1. The topological polar surface area (TPSA) is 48.4 Å². The first kappa shape index (κ1) is 15.7. The fourth-order valence-electron chi connectivity index (χ4n) is 1.99. The average molecular weight is 305 g/mol. The summed E-state index contributed by atoms with van der Waals surface area (Å²) >= 11 is 1.56. The van der Waals surface area contributed by atoms with Crippen LogP contribution >= 0.6 is 11.3 Å². The van der Waals surface area contributed by atoms with Crippen molar-refractivity contribution in [2.75, 3.05) is 13.7 Å². The molecule has 1 aromatic carbocycles. The van der Waals surface area contributed by atoms with Gasteiger partial charge in [0.15, 0.2) is 0 Å². The Labute approximate surface area is 128 Å². The Morgan fingerprint density at radius 2 is 2.10 bits per heavy atom. The summed E-state index contributed by atoms with van der Waals surface area (Å²) in [6.45, 7) is 2.60. The second kappa shape index (κ2) is 7.90. The molecule has 1 atom stereocenters. The van der Waals surface area contributed by atoms with E-state index in [0.717, 1.165) is 16.3 Å². The van der Waals surface area contributed by atoms with Gasteiger partial charge in [0.05, 0.1) is 19.2 Å². The van der Waals surface area contributed by atoms with Crippen molar-refractivity contribution in [3.8, 4) is 0 Å². The highest BCUT2D eigenvalue weighted by Gasteiger charge is 2.18. The minimum Gasteiger partial charge on any atom is -0.469 e. The second-order valence-corrected chi connectivity index (χ2v) is 5.39. The summed E-state index contributed by atoms with van der Waals surface area (Å²) in [5.74, 6) is -0.214. The molecule has 4 nitrogen and oxygen atoms in total. The molecule has 0 aliphatic rings. The Bertz CT molecular complexity index is 568. The summed E-state index contributed by atoms with van der Waals surface area (Å²) in [5.41, 5.74) is 1.99. The van der Waals surface area contributed by atoms with Crippen LogP contribution in [-0.4, -0.2) is 24.7 Å². The Morgan fingerprint density at radius 1 is 1.33 bits per heavy atom. The maximum atomic E-state index is 11.2. The van der Waals surface area contributed by atoms with Crippen LogP contribution in [0.5, 0.6) is 0 Å². The Kier molecular flexibility index (Phi) is 5.90. The molecule has 21 heavy (non-hydrogen) atoms. The molecule has 2 aromatic rings. The van der Waals surface area contributed by atoms with Gasteiger partial charge in [-0.2, -0.15) is 0 Å². The molecule has 5 heteroatoms. The summed E-state index contributed by atoms with van der Waals surface area (Å²) in [6.07, 6.45) is 0.800. The molecule has 0 fully saturated rings. The van der Waals surface area contributed by atoms with Crippen molar-refractivity contribution in [3.05, 3.63) is 52.0 Å². The van der Waals surface area contributed by atoms with E-state index < -0.39 is 0 Å². The number of carbonyl (C=O) groups is 1. The van der Waals surface area contributed by atoms with Gasteiger partial charge in [0.25, 0.3) is 0 Å². The summed E-state index contributed by atoms with van der Waals surface area (Å²) < 4.78 is 10.5. The molecule has 0 aliphatic heterocycles. The van der Waals surface area contributed by atoms with Crippen LogP contribution in [-0.2, 0) is 20.7 Å². The van der Waals surface area contributed by atoms with Gasteiger partial charge in [-0.05, 0) is 12.5 Å². The van der Waals surface area contributed by atoms with E-state index in [1.54, 1.807) is 11.3 Å². The summed E-state index contributed by atoms with van der Waals surface area (Å²) in [7, 11) is 1.40. The normalized spacial score (nSPS) is 12.1. The van der Waals surface area contributed by atoms with Crippen LogP contribution in [0.1, 0.15) is 35.7 Å². The van der Waals surface area contributed by atoms with Gasteiger partial charge in [0, 0.05) is 18.4 Å². The molecule has 0 amide bonds. The highest BCUT2D eigenvalue weighted by molar-refractivity contribution is 7.09. The SMILES string of the molecule is CCOC(c1ccccc1)c1nc(CCC(=O)OC)cs1. The summed E-state index contributed by atoms with van der Waals surface area (Å²) in [5, 5.41) is 2.90. The number of rotatable bonds is 7. The van der Waals surface area contributed by atoms with E-state index in [0.29, 0.717) is 19.4 Å². The first-order valence-corrected chi connectivity index (χ1v) is 7.80. The Balaban J connectivity index is 2.11. The van der Waals surface area contributed by atoms with Gasteiger partial charge in [-0.3, -0.25) is 4.79 Å². The number of hydrogen-bond donors (Lipinski definition) is 0. The number of aryl methyl sites for hydroxylation is 1. The van der Waals surface area contributed by atoms with E-state index in [1.165, 1.54) is 7.11 Å².